The number of amides is 1. The van der Waals surface area contributed by atoms with E-state index in [1.807, 2.05) is 34.6 Å². The molecule has 1 amide bonds. The summed E-state index contributed by atoms with van der Waals surface area (Å²) in [7, 11) is 0. The Morgan fingerprint density at radius 2 is 1.85 bits per heavy atom. The monoisotopic (exact) mass is 187 g/mol. The summed E-state index contributed by atoms with van der Waals surface area (Å²) in [5.74, 6) is 0. The Hall–Kier alpha value is -0.730. The fraction of sp³-hybridized carbons (Fsp3) is 0.900. The van der Waals surface area contributed by atoms with Gasteiger partial charge in [-0.2, -0.15) is 0 Å². The number of hydrogen-bond acceptors (Lipinski definition) is 2. The van der Waals surface area contributed by atoms with E-state index in [-0.39, 0.29) is 18.2 Å². The topological polar surface area (TPSA) is 29.5 Å². The Morgan fingerprint density at radius 3 is 2.15 bits per heavy atom. The van der Waals surface area contributed by atoms with Crippen LogP contribution in [-0.2, 0) is 4.74 Å². The van der Waals surface area contributed by atoms with E-state index in [4.69, 9.17) is 4.74 Å². The molecule has 1 atom stereocenters. The van der Waals surface area contributed by atoms with Gasteiger partial charge in [-0.25, -0.2) is 4.79 Å². The fourth-order valence-electron chi connectivity index (χ4n) is 1.03. The van der Waals surface area contributed by atoms with Crippen LogP contribution in [0.4, 0.5) is 4.79 Å². The molecule has 3 heteroatoms. The molecular weight excluding hydrogens is 166 g/mol. The maximum atomic E-state index is 11.5. The first-order valence-corrected chi connectivity index (χ1v) is 5.00. The molecule has 0 radical (unpaired) electrons. The number of ether oxygens (including phenoxy) is 1. The zero-order valence-corrected chi connectivity index (χ0v) is 9.33. The number of nitrogens with zero attached hydrogens (tertiary/aromatic N) is 1. The number of carbonyl (C=O) groups is 1. The van der Waals surface area contributed by atoms with Crippen LogP contribution in [-0.4, -0.2) is 29.7 Å². The SMILES string of the molecule is CC[C@@H](C)OC(=O)N(CC)C(C)C. The highest BCUT2D eigenvalue weighted by atomic mass is 16.6. The van der Waals surface area contributed by atoms with Gasteiger partial charge in [-0.15, -0.1) is 0 Å². The Labute approximate surface area is 81.1 Å². The molecule has 0 unspecified atom stereocenters. The van der Waals surface area contributed by atoms with Crippen molar-refractivity contribution in [1.29, 1.82) is 0 Å². The van der Waals surface area contributed by atoms with Crippen molar-refractivity contribution in [3.05, 3.63) is 0 Å². The molecule has 0 aromatic rings. The highest BCUT2D eigenvalue weighted by molar-refractivity contribution is 5.68. The lowest BCUT2D eigenvalue weighted by molar-refractivity contribution is 0.0619. The van der Waals surface area contributed by atoms with Crippen molar-refractivity contribution in [2.24, 2.45) is 0 Å². The van der Waals surface area contributed by atoms with Crippen molar-refractivity contribution in [3.8, 4) is 0 Å². The van der Waals surface area contributed by atoms with Crippen molar-refractivity contribution in [2.45, 2.75) is 53.2 Å². The lowest BCUT2D eigenvalue weighted by atomic mass is 10.3. The molecule has 0 bridgehead atoms. The Morgan fingerprint density at radius 1 is 1.31 bits per heavy atom. The zero-order chi connectivity index (χ0) is 10.4. The van der Waals surface area contributed by atoms with Crippen LogP contribution in [0.15, 0.2) is 0 Å². The van der Waals surface area contributed by atoms with Gasteiger partial charge in [-0.05, 0) is 34.1 Å². The fourth-order valence-corrected chi connectivity index (χ4v) is 1.03. The van der Waals surface area contributed by atoms with Crippen LogP contribution in [0.2, 0.25) is 0 Å². The van der Waals surface area contributed by atoms with Crippen molar-refractivity contribution >= 4 is 6.09 Å². The summed E-state index contributed by atoms with van der Waals surface area (Å²) in [4.78, 5) is 13.2. The molecule has 0 saturated heterocycles. The summed E-state index contributed by atoms with van der Waals surface area (Å²) < 4.78 is 5.20. The zero-order valence-electron chi connectivity index (χ0n) is 9.33. The first kappa shape index (κ1) is 12.3. The number of rotatable bonds is 4. The second-order valence-corrected chi connectivity index (χ2v) is 3.48. The van der Waals surface area contributed by atoms with Crippen LogP contribution in [0.1, 0.15) is 41.0 Å². The second kappa shape index (κ2) is 5.84. The molecule has 0 N–H and O–H groups in total. The average molecular weight is 187 g/mol. The van der Waals surface area contributed by atoms with Crippen molar-refractivity contribution in [3.63, 3.8) is 0 Å². The van der Waals surface area contributed by atoms with E-state index in [9.17, 15) is 4.79 Å². The largest absolute Gasteiger partial charge is 0.446 e. The Bertz CT molecular complexity index is 157. The van der Waals surface area contributed by atoms with Crippen LogP contribution in [0.25, 0.3) is 0 Å². The first-order valence-electron chi connectivity index (χ1n) is 5.00. The van der Waals surface area contributed by atoms with Gasteiger partial charge in [0.15, 0.2) is 0 Å². The third-order valence-corrected chi connectivity index (χ3v) is 2.08. The average Bonchev–Trinajstić information content (AvgIpc) is 2.04. The third-order valence-electron chi connectivity index (χ3n) is 2.08. The van der Waals surface area contributed by atoms with E-state index in [2.05, 4.69) is 0 Å². The molecule has 0 fully saturated rings. The van der Waals surface area contributed by atoms with E-state index in [0.29, 0.717) is 6.54 Å². The predicted molar refractivity (Wildman–Crippen MR) is 53.8 cm³/mol. The Kier molecular flexibility index (Phi) is 5.51. The summed E-state index contributed by atoms with van der Waals surface area (Å²) >= 11 is 0. The smallest absolute Gasteiger partial charge is 0.410 e. The molecule has 0 aliphatic rings. The van der Waals surface area contributed by atoms with Crippen LogP contribution >= 0.6 is 0 Å². The standard InChI is InChI=1S/C10H21NO2/c1-6-9(5)13-10(12)11(7-2)8(3)4/h8-9H,6-7H2,1-5H3/t9-/m1/s1. The summed E-state index contributed by atoms with van der Waals surface area (Å²) in [6.45, 7) is 10.5. The minimum Gasteiger partial charge on any atom is -0.446 e. The van der Waals surface area contributed by atoms with Crippen LogP contribution in [0, 0.1) is 0 Å². The lowest BCUT2D eigenvalue weighted by Crippen LogP contribution is -2.38. The molecule has 3 nitrogen and oxygen atoms in total. The molecule has 0 saturated carbocycles. The van der Waals surface area contributed by atoms with Crippen LogP contribution in [0.5, 0.6) is 0 Å². The van der Waals surface area contributed by atoms with Gasteiger partial charge in [0.05, 0.1) is 0 Å². The summed E-state index contributed by atoms with van der Waals surface area (Å²) in [5.41, 5.74) is 0. The Balaban J connectivity index is 4.06. The van der Waals surface area contributed by atoms with E-state index < -0.39 is 0 Å². The van der Waals surface area contributed by atoms with Crippen LogP contribution < -0.4 is 0 Å². The van der Waals surface area contributed by atoms with Gasteiger partial charge in [-0.3, -0.25) is 0 Å². The molecule has 13 heavy (non-hydrogen) atoms. The molecule has 0 rings (SSSR count). The predicted octanol–water partition coefficient (Wildman–Crippen LogP) is 2.65. The van der Waals surface area contributed by atoms with Gasteiger partial charge in [0.25, 0.3) is 0 Å². The van der Waals surface area contributed by atoms with Gasteiger partial charge in [-0.1, -0.05) is 6.92 Å². The number of hydrogen-bond donors (Lipinski definition) is 0. The van der Waals surface area contributed by atoms with E-state index in [1.54, 1.807) is 4.90 Å². The minimum absolute atomic E-state index is 0.0142. The highest BCUT2D eigenvalue weighted by Gasteiger charge is 2.17. The summed E-state index contributed by atoms with van der Waals surface area (Å²) in [5, 5.41) is 0. The summed E-state index contributed by atoms with van der Waals surface area (Å²) in [6.07, 6.45) is 0.675. The van der Waals surface area contributed by atoms with Crippen molar-refractivity contribution in [1.82, 2.24) is 4.90 Å². The third kappa shape index (κ3) is 4.15. The molecule has 0 aromatic carbocycles. The molecule has 0 aliphatic carbocycles. The van der Waals surface area contributed by atoms with Gasteiger partial charge in [0.1, 0.15) is 6.10 Å². The summed E-state index contributed by atoms with van der Waals surface area (Å²) in [6, 6.07) is 0.210. The molecular formula is C10H21NO2. The highest BCUT2D eigenvalue weighted by Crippen LogP contribution is 2.05. The van der Waals surface area contributed by atoms with Crippen molar-refractivity contribution < 1.29 is 9.53 Å². The quantitative estimate of drug-likeness (QED) is 0.677. The molecule has 0 heterocycles. The lowest BCUT2D eigenvalue weighted by Gasteiger charge is -2.25. The number of carbonyl (C=O) groups excluding carboxylic acids is 1. The van der Waals surface area contributed by atoms with E-state index >= 15 is 0 Å². The van der Waals surface area contributed by atoms with Crippen molar-refractivity contribution in [2.75, 3.05) is 6.54 Å². The van der Waals surface area contributed by atoms with Gasteiger partial charge in [0.2, 0.25) is 0 Å². The molecule has 0 spiro atoms. The minimum atomic E-state index is -0.202. The first-order chi connectivity index (χ1) is 6.02. The second-order valence-electron chi connectivity index (χ2n) is 3.48. The van der Waals surface area contributed by atoms with Crippen LogP contribution in [0.3, 0.4) is 0 Å². The molecule has 78 valence electrons. The van der Waals surface area contributed by atoms with Gasteiger partial charge >= 0.3 is 6.09 Å². The van der Waals surface area contributed by atoms with Gasteiger partial charge < -0.3 is 9.64 Å². The van der Waals surface area contributed by atoms with E-state index in [0.717, 1.165) is 6.42 Å². The maximum absolute atomic E-state index is 11.5. The van der Waals surface area contributed by atoms with E-state index in [1.165, 1.54) is 0 Å². The normalized spacial score (nSPS) is 12.8. The maximum Gasteiger partial charge on any atom is 0.410 e. The van der Waals surface area contributed by atoms with Gasteiger partial charge in [0, 0.05) is 12.6 Å². The molecule has 0 aromatic heterocycles. The molecule has 0 aliphatic heterocycles.